The largest absolute Gasteiger partial charge is 0.320 e. The summed E-state index contributed by atoms with van der Waals surface area (Å²) in [5.74, 6) is 0.924. The molecule has 1 aromatic rings. The molecule has 3 heteroatoms. The summed E-state index contributed by atoms with van der Waals surface area (Å²) in [7, 11) is 2.04. The molecule has 2 rings (SSSR count). The molecule has 0 atom stereocenters. The van der Waals surface area contributed by atoms with Gasteiger partial charge in [-0.2, -0.15) is 0 Å². The molecule has 94 valence electrons. The summed E-state index contributed by atoms with van der Waals surface area (Å²) in [5, 5.41) is 3.24. The van der Waals surface area contributed by atoms with Gasteiger partial charge in [-0.3, -0.25) is 9.88 Å². The van der Waals surface area contributed by atoms with E-state index in [1.54, 1.807) is 0 Å². The smallest absolute Gasteiger partial charge is 0.0312 e. The minimum absolute atomic E-state index is 0.924. The standard InChI is InChI=1S/C14H23N3/c1-15-8-4-13-5-9-17(10-6-13)12-14-3-2-7-16-11-14/h2-3,7,11,13,15H,4-6,8-10,12H2,1H3. The Morgan fingerprint density at radius 1 is 1.41 bits per heavy atom. The number of rotatable bonds is 5. The molecule has 0 aromatic carbocycles. The first-order valence-corrected chi connectivity index (χ1v) is 6.64. The first kappa shape index (κ1) is 12.5. The van der Waals surface area contributed by atoms with Crippen molar-refractivity contribution >= 4 is 0 Å². The van der Waals surface area contributed by atoms with Gasteiger partial charge < -0.3 is 5.32 Å². The van der Waals surface area contributed by atoms with Crippen LogP contribution >= 0.6 is 0 Å². The zero-order valence-electron chi connectivity index (χ0n) is 10.7. The molecule has 3 nitrogen and oxygen atoms in total. The minimum atomic E-state index is 0.924. The van der Waals surface area contributed by atoms with Gasteiger partial charge in [0.05, 0.1) is 0 Å². The van der Waals surface area contributed by atoms with Crippen molar-refractivity contribution in [3.63, 3.8) is 0 Å². The molecular weight excluding hydrogens is 210 g/mol. The Hall–Kier alpha value is -0.930. The van der Waals surface area contributed by atoms with Gasteiger partial charge >= 0.3 is 0 Å². The van der Waals surface area contributed by atoms with Crippen molar-refractivity contribution in [1.29, 1.82) is 0 Å². The number of pyridine rings is 1. The predicted molar refractivity (Wildman–Crippen MR) is 70.8 cm³/mol. The van der Waals surface area contributed by atoms with Crippen LogP contribution in [0.5, 0.6) is 0 Å². The van der Waals surface area contributed by atoms with E-state index in [0.29, 0.717) is 0 Å². The number of aromatic nitrogens is 1. The molecule has 0 radical (unpaired) electrons. The number of nitrogens with one attached hydrogen (secondary N) is 1. The number of hydrogen-bond donors (Lipinski definition) is 1. The monoisotopic (exact) mass is 233 g/mol. The molecule has 17 heavy (non-hydrogen) atoms. The molecule has 0 saturated carbocycles. The normalized spacial score (nSPS) is 18.4. The topological polar surface area (TPSA) is 28.2 Å². The molecule has 0 aliphatic carbocycles. The zero-order chi connectivity index (χ0) is 11.9. The van der Waals surface area contributed by atoms with E-state index in [2.05, 4.69) is 21.3 Å². The molecule has 1 saturated heterocycles. The fraction of sp³-hybridized carbons (Fsp3) is 0.643. The molecule has 0 unspecified atom stereocenters. The number of hydrogen-bond acceptors (Lipinski definition) is 3. The highest BCUT2D eigenvalue weighted by molar-refractivity contribution is 5.08. The summed E-state index contributed by atoms with van der Waals surface area (Å²) in [4.78, 5) is 6.72. The van der Waals surface area contributed by atoms with Crippen molar-refractivity contribution in [3.05, 3.63) is 30.1 Å². The average Bonchev–Trinajstić information content (AvgIpc) is 2.39. The Kier molecular flexibility index (Phi) is 4.95. The second-order valence-electron chi connectivity index (χ2n) is 4.97. The fourth-order valence-electron chi connectivity index (χ4n) is 2.53. The van der Waals surface area contributed by atoms with E-state index in [1.807, 2.05) is 25.5 Å². The number of piperidine rings is 1. The maximum atomic E-state index is 4.17. The van der Waals surface area contributed by atoms with E-state index in [0.717, 1.165) is 19.0 Å². The van der Waals surface area contributed by atoms with Crippen LogP contribution in [0.3, 0.4) is 0 Å². The second-order valence-corrected chi connectivity index (χ2v) is 4.97. The quantitative estimate of drug-likeness (QED) is 0.842. The third kappa shape index (κ3) is 4.10. The number of likely N-dealkylation sites (tertiary alicyclic amines) is 1. The maximum Gasteiger partial charge on any atom is 0.0312 e. The van der Waals surface area contributed by atoms with Crippen molar-refractivity contribution < 1.29 is 0 Å². The molecule has 0 amide bonds. The Bertz CT molecular complexity index is 305. The predicted octanol–water partition coefficient (Wildman–Crippen LogP) is 1.90. The molecule has 1 fully saturated rings. The van der Waals surface area contributed by atoms with E-state index in [4.69, 9.17) is 0 Å². The van der Waals surface area contributed by atoms with E-state index < -0.39 is 0 Å². The lowest BCUT2D eigenvalue weighted by atomic mass is 9.93. The van der Waals surface area contributed by atoms with Crippen LogP contribution in [0.15, 0.2) is 24.5 Å². The highest BCUT2D eigenvalue weighted by Gasteiger charge is 2.18. The highest BCUT2D eigenvalue weighted by atomic mass is 15.1. The van der Waals surface area contributed by atoms with Crippen LogP contribution in [0.25, 0.3) is 0 Å². The van der Waals surface area contributed by atoms with Crippen molar-refractivity contribution in [1.82, 2.24) is 15.2 Å². The molecule has 1 aromatic heterocycles. The lowest BCUT2D eigenvalue weighted by Gasteiger charge is -2.31. The third-order valence-electron chi connectivity index (χ3n) is 3.64. The first-order chi connectivity index (χ1) is 8.38. The summed E-state index contributed by atoms with van der Waals surface area (Å²) in [6.45, 7) is 4.70. The number of nitrogens with zero attached hydrogens (tertiary/aromatic N) is 2. The Morgan fingerprint density at radius 3 is 2.88 bits per heavy atom. The molecule has 1 aliphatic rings. The van der Waals surface area contributed by atoms with E-state index >= 15 is 0 Å². The van der Waals surface area contributed by atoms with Gasteiger partial charge in [0, 0.05) is 18.9 Å². The van der Waals surface area contributed by atoms with Crippen molar-refractivity contribution in [2.45, 2.75) is 25.8 Å². The lowest BCUT2D eigenvalue weighted by Crippen LogP contribution is -2.34. The van der Waals surface area contributed by atoms with Crippen LogP contribution in [0, 0.1) is 5.92 Å². The van der Waals surface area contributed by atoms with Gasteiger partial charge in [-0.15, -0.1) is 0 Å². The van der Waals surface area contributed by atoms with Gasteiger partial charge in [0.2, 0.25) is 0 Å². The van der Waals surface area contributed by atoms with E-state index in [9.17, 15) is 0 Å². The Morgan fingerprint density at radius 2 is 2.24 bits per heavy atom. The molecule has 2 heterocycles. The summed E-state index contributed by atoms with van der Waals surface area (Å²) >= 11 is 0. The first-order valence-electron chi connectivity index (χ1n) is 6.64. The summed E-state index contributed by atoms with van der Waals surface area (Å²) < 4.78 is 0. The van der Waals surface area contributed by atoms with Gasteiger partial charge in [-0.25, -0.2) is 0 Å². The third-order valence-corrected chi connectivity index (χ3v) is 3.64. The van der Waals surface area contributed by atoms with Crippen molar-refractivity contribution in [2.75, 3.05) is 26.7 Å². The van der Waals surface area contributed by atoms with Crippen LogP contribution in [0.1, 0.15) is 24.8 Å². The van der Waals surface area contributed by atoms with Gasteiger partial charge in [-0.1, -0.05) is 6.07 Å². The highest BCUT2D eigenvalue weighted by Crippen LogP contribution is 2.21. The summed E-state index contributed by atoms with van der Waals surface area (Å²) in [6, 6.07) is 4.19. The lowest BCUT2D eigenvalue weighted by molar-refractivity contribution is 0.172. The van der Waals surface area contributed by atoms with Crippen LogP contribution in [0.2, 0.25) is 0 Å². The maximum absolute atomic E-state index is 4.17. The van der Waals surface area contributed by atoms with Crippen LogP contribution in [-0.2, 0) is 6.54 Å². The van der Waals surface area contributed by atoms with Crippen molar-refractivity contribution in [3.8, 4) is 0 Å². The Labute approximate surface area is 104 Å². The van der Waals surface area contributed by atoms with E-state index in [1.165, 1.54) is 37.9 Å². The molecule has 1 N–H and O–H groups in total. The van der Waals surface area contributed by atoms with Crippen LogP contribution in [-0.4, -0.2) is 36.6 Å². The average molecular weight is 233 g/mol. The van der Waals surface area contributed by atoms with Crippen molar-refractivity contribution in [2.24, 2.45) is 5.92 Å². The van der Waals surface area contributed by atoms with E-state index in [-0.39, 0.29) is 0 Å². The minimum Gasteiger partial charge on any atom is -0.320 e. The molecule has 0 bridgehead atoms. The second kappa shape index (κ2) is 6.72. The van der Waals surface area contributed by atoms with Crippen LogP contribution in [0.4, 0.5) is 0 Å². The van der Waals surface area contributed by atoms with Gasteiger partial charge in [-0.05, 0) is 63.5 Å². The zero-order valence-corrected chi connectivity index (χ0v) is 10.7. The van der Waals surface area contributed by atoms with Gasteiger partial charge in [0.1, 0.15) is 0 Å². The summed E-state index contributed by atoms with van der Waals surface area (Å²) in [5.41, 5.74) is 1.33. The fourth-order valence-corrected chi connectivity index (χ4v) is 2.53. The summed E-state index contributed by atoms with van der Waals surface area (Å²) in [6.07, 6.45) is 7.85. The Balaban J connectivity index is 1.72. The SMILES string of the molecule is CNCCC1CCN(Cc2cccnc2)CC1. The van der Waals surface area contributed by atoms with Crippen LogP contribution < -0.4 is 5.32 Å². The van der Waals surface area contributed by atoms with Gasteiger partial charge in [0.25, 0.3) is 0 Å². The van der Waals surface area contributed by atoms with Gasteiger partial charge in [0.15, 0.2) is 0 Å². The molecule has 0 spiro atoms. The molecular formula is C14H23N3. The molecule has 1 aliphatic heterocycles.